The van der Waals surface area contributed by atoms with E-state index in [0.717, 1.165) is 4.90 Å². The zero-order valence-corrected chi connectivity index (χ0v) is 62.6. The highest BCUT2D eigenvalue weighted by Gasteiger charge is 2.45. The first kappa shape index (κ1) is 86.2. The van der Waals surface area contributed by atoms with Crippen LogP contribution in [0.2, 0.25) is 0 Å². The maximum absolute atomic E-state index is 15.3. The van der Waals surface area contributed by atoms with Crippen LogP contribution in [0.1, 0.15) is 188 Å². The molecular weight excluding hydrogens is 1220 g/mol. The summed E-state index contributed by atoms with van der Waals surface area (Å²) in [5.41, 5.74) is -1.57. The molecule has 0 radical (unpaired) electrons. The van der Waals surface area contributed by atoms with Crippen LogP contribution in [0.3, 0.4) is 0 Å². The van der Waals surface area contributed by atoms with Crippen molar-refractivity contribution in [2.75, 3.05) is 67.4 Å². The Morgan fingerprint density at radius 1 is 0.500 bits per heavy atom. The third-order valence-corrected chi connectivity index (χ3v) is 19.0. The number of amides is 11. The van der Waals surface area contributed by atoms with Crippen molar-refractivity contribution in [2.45, 2.75) is 260 Å². The second-order valence-electron chi connectivity index (χ2n) is 28.8. The Hall–Kier alpha value is -5.82. The van der Waals surface area contributed by atoms with Crippen LogP contribution < -0.4 is 21.3 Å². The van der Waals surface area contributed by atoms with Gasteiger partial charge < -0.3 is 65.8 Å². The first-order valence-corrected chi connectivity index (χ1v) is 35.3. The number of aliphatic hydroxyl groups is 2. The minimum Gasteiger partial charge on any atom is -0.396 e. The van der Waals surface area contributed by atoms with Crippen LogP contribution in [-0.4, -0.2) is 249 Å². The van der Waals surface area contributed by atoms with Crippen LogP contribution in [-0.2, 0) is 52.7 Å². The van der Waals surface area contributed by atoms with E-state index in [4.69, 9.17) is 0 Å². The number of thioether (sulfide) groups is 1. The van der Waals surface area contributed by atoms with Gasteiger partial charge in [0, 0.05) is 68.1 Å². The van der Waals surface area contributed by atoms with Gasteiger partial charge in [-0.2, -0.15) is 11.8 Å². The molecule has 0 aromatic carbocycles. The Kier molecular flexibility index (Phi) is 37.3. The number of aliphatic hydroxyl groups excluding tert-OH is 1. The molecule has 0 unspecified atom stereocenters. The van der Waals surface area contributed by atoms with Gasteiger partial charge in [-0.25, -0.2) is 0 Å². The maximum Gasteiger partial charge on any atom is 0.246 e. The summed E-state index contributed by atoms with van der Waals surface area (Å²) >= 11 is 1.34. The van der Waals surface area contributed by atoms with Gasteiger partial charge in [-0.3, -0.25) is 52.7 Å². The Morgan fingerprint density at radius 3 is 1.47 bits per heavy atom. The predicted octanol–water partition coefficient (Wildman–Crippen LogP) is 5.07. The molecule has 0 aromatic rings. The standard InChI is InChI=1S/C69H125N11O13S/c1-25-27-30-46(13)38-52-60(84)72-49(26-2)63(87)79(23)55(40-94-36-29-28-35-81)66(90)78(22)54(39-69(16,17)93)61(85)73-56(44(9)10)67(91)74(18)50(33-31-41(3)4)59(83)70-47(14)58(82)71-48(15)62(86)77(21)53(37-43(7)8)65(89)75(19)51(34-32-42(5)6)64(88)80(24)57(45(11)12)68(92)76(52)20/h25,27,41-57,81,93H,26,28-40H2,1-24H3,(H,70,83)(H,71,82)(H,72,84)(H,73,85)/b27-25+/t46-,47-,48+,49-,50-,51-,52-,53+,54+,55+,56-,57-/m1/s1. The quantitative estimate of drug-likeness (QED) is 0.0576. The van der Waals surface area contributed by atoms with Crippen molar-refractivity contribution in [1.29, 1.82) is 0 Å². The van der Waals surface area contributed by atoms with Gasteiger partial charge >= 0.3 is 0 Å². The third kappa shape index (κ3) is 26.3. The molecule has 0 aliphatic carbocycles. The van der Waals surface area contributed by atoms with Crippen molar-refractivity contribution in [3.05, 3.63) is 12.2 Å². The van der Waals surface area contributed by atoms with Gasteiger partial charge in [0.2, 0.25) is 65.0 Å². The monoisotopic (exact) mass is 1350 g/mol. The van der Waals surface area contributed by atoms with Crippen LogP contribution in [0.5, 0.6) is 0 Å². The fourth-order valence-electron chi connectivity index (χ4n) is 11.6. The fourth-order valence-corrected chi connectivity index (χ4v) is 12.8. The number of hydrogen-bond acceptors (Lipinski definition) is 14. The molecule has 1 aliphatic rings. The molecule has 25 heteroatoms. The van der Waals surface area contributed by atoms with E-state index in [1.54, 1.807) is 34.6 Å². The van der Waals surface area contributed by atoms with Crippen molar-refractivity contribution in [3.63, 3.8) is 0 Å². The minimum atomic E-state index is -1.57. The lowest BCUT2D eigenvalue weighted by atomic mass is 9.94. The molecule has 24 nitrogen and oxygen atoms in total. The van der Waals surface area contributed by atoms with E-state index in [0.29, 0.717) is 37.9 Å². The number of unbranched alkanes of at least 4 members (excludes halogenated alkanes) is 1. The van der Waals surface area contributed by atoms with Gasteiger partial charge in [0.15, 0.2) is 0 Å². The SMILES string of the molecule is C/C=C/C[C@@H](C)C[C@@H]1C(=O)N[C@H](CC)C(=O)N(C)[C@@H](CSCCCCO)C(=O)N(C)[C@@H](CC(C)(C)O)C(=O)N[C@H](C(C)C)C(=O)N(C)[C@H](CCC(C)C)C(=O)N[C@H](C)C(=O)N[C@@H](C)C(=O)N(C)[C@@H](CC(C)C)C(=O)N(C)[C@H](CCC(C)C)C(=O)N(C)[C@H](C(C)C)C(=O)N1C. The highest BCUT2D eigenvalue weighted by atomic mass is 32.2. The zero-order valence-electron chi connectivity index (χ0n) is 61.8. The Morgan fingerprint density at radius 2 is 0.968 bits per heavy atom. The molecule has 1 aliphatic heterocycles. The highest BCUT2D eigenvalue weighted by Crippen LogP contribution is 2.27. The van der Waals surface area contributed by atoms with Crippen molar-refractivity contribution in [2.24, 2.45) is 35.5 Å². The predicted molar refractivity (Wildman–Crippen MR) is 370 cm³/mol. The van der Waals surface area contributed by atoms with Crippen molar-refractivity contribution in [1.82, 2.24) is 55.6 Å². The topological polar surface area (TPSA) is 299 Å². The van der Waals surface area contributed by atoms with E-state index in [-0.39, 0.29) is 74.6 Å². The van der Waals surface area contributed by atoms with E-state index in [1.165, 1.54) is 118 Å². The lowest BCUT2D eigenvalue weighted by Gasteiger charge is -2.41. The molecule has 1 saturated heterocycles. The number of allylic oxidation sites excluding steroid dienone is 2. The number of carbonyl (C=O) groups excluding carboxylic acids is 11. The minimum absolute atomic E-state index is 0.0102. The average Bonchev–Trinajstić information content (AvgIpc) is 0.823. The molecule has 0 aromatic heterocycles. The number of rotatable bonds is 23. The van der Waals surface area contributed by atoms with E-state index in [2.05, 4.69) is 21.3 Å². The van der Waals surface area contributed by atoms with Gasteiger partial charge in [0.05, 0.1) is 5.60 Å². The van der Waals surface area contributed by atoms with Gasteiger partial charge in [0.1, 0.15) is 66.5 Å². The first-order chi connectivity index (χ1) is 43.5. The largest absolute Gasteiger partial charge is 0.396 e. The Bertz CT molecular complexity index is 2520. The molecule has 12 atom stereocenters. The Balaban J connectivity index is 4.54. The summed E-state index contributed by atoms with van der Waals surface area (Å²) < 4.78 is 0. The van der Waals surface area contributed by atoms with Crippen LogP contribution >= 0.6 is 11.8 Å². The summed E-state index contributed by atoms with van der Waals surface area (Å²) in [6, 6.07) is -13.5. The van der Waals surface area contributed by atoms with Gasteiger partial charge in [0.25, 0.3) is 0 Å². The van der Waals surface area contributed by atoms with Gasteiger partial charge in [-0.1, -0.05) is 95.2 Å². The molecule has 1 rings (SSSR count). The molecule has 0 bridgehead atoms. The van der Waals surface area contributed by atoms with E-state index in [9.17, 15) is 34.2 Å². The second-order valence-corrected chi connectivity index (χ2v) is 30.0. The fraction of sp³-hybridized carbons (Fsp3) is 0.812. The normalized spacial score (nSPS) is 26.1. The molecule has 94 heavy (non-hydrogen) atoms. The van der Waals surface area contributed by atoms with E-state index >= 15 is 28.8 Å². The number of nitrogens with one attached hydrogen (secondary N) is 4. The average molecular weight is 1350 g/mol. The molecule has 540 valence electrons. The summed E-state index contributed by atoms with van der Waals surface area (Å²) in [7, 11) is 10.2. The lowest BCUT2D eigenvalue weighted by Crippen LogP contribution is -2.62. The third-order valence-electron chi connectivity index (χ3n) is 17.8. The first-order valence-electron chi connectivity index (χ1n) is 34.1. The van der Waals surface area contributed by atoms with E-state index < -0.39 is 149 Å². The van der Waals surface area contributed by atoms with Crippen LogP contribution in [0, 0.1) is 35.5 Å². The molecule has 0 spiro atoms. The van der Waals surface area contributed by atoms with Crippen molar-refractivity contribution in [3.8, 4) is 0 Å². The number of carbonyl (C=O) groups is 11. The van der Waals surface area contributed by atoms with E-state index in [1.807, 2.05) is 67.5 Å². The molecule has 0 saturated carbocycles. The van der Waals surface area contributed by atoms with Crippen molar-refractivity contribution >= 4 is 76.7 Å². The maximum atomic E-state index is 15.3. The second kappa shape index (κ2) is 40.7. The summed E-state index contributed by atoms with van der Waals surface area (Å²) in [6.07, 6.45) is 6.76. The smallest absolute Gasteiger partial charge is 0.246 e. The van der Waals surface area contributed by atoms with Gasteiger partial charge in [-0.05, 0) is 140 Å². The molecule has 11 amide bonds. The van der Waals surface area contributed by atoms with Crippen molar-refractivity contribution < 1.29 is 63.0 Å². The van der Waals surface area contributed by atoms with Crippen LogP contribution in [0.25, 0.3) is 0 Å². The summed E-state index contributed by atoms with van der Waals surface area (Å²) in [4.78, 5) is 173. The lowest BCUT2D eigenvalue weighted by molar-refractivity contribution is -0.156. The molecular formula is C69H125N11O13S. The number of likely N-dealkylation sites (N-methyl/N-ethyl adjacent to an activating group) is 7. The van der Waals surface area contributed by atoms with Gasteiger partial charge in [-0.15, -0.1) is 0 Å². The summed E-state index contributed by atoms with van der Waals surface area (Å²) in [6.45, 7) is 29.9. The summed E-state index contributed by atoms with van der Waals surface area (Å²) in [5.74, 6) is -8.05. The number of hydrogen-bond donors (Lipinski definition) is 6. The molecule has 6 N–H and O–H groups in total. The molecule has 1 fully saturated rings. The van der Waals surface area contributed by atoms with Crippen LogP contribution in [0.4, 0.5) is 0 Å². The zero-order chi connectivity index (χ0) is 72.6. The Labute approximate surface area is 568 Å². The summed E-state index contributed by atoms with van der Waals surface area (Å²) in [5, 5.41) is 32.2. The molecule has 1 heterocycles. The van der Waals surface area contributed by atoms with Crippen LogP contribution in [0.15, 0.2) is 12.2 Å². The highest BCUT2D eigenvalue weighted by molar-refractivity contribution is 7.99. The number of nitrogens with zero attached hydrogens (tertiary/aromatic N) is 7.